The quantitative estimate of drug-likeness (QED) is 0.591. The third kappa shape index (κ3) is 5.04. The SMILES string of the molecule is CC[C@@H](C(=O)NCc1nc(-c2ccccc2)no1)N(c1cccc(C)c1)S(C)(=O)=O. The molecule has 158 valence electrons. The van der Waals surface area contributed by atoms with E-state index in [2.05, 4.69) is 15.5 Å². The number of nitrogens with one attached hydrogen (secondary N) is 1. The lowest BCUT2D eigenvalue weighted by Crippen LogP contribution is -2.49. The monoisotopic (exact) mass is 428 g/mol. The molecule has 30 heavy (non-hydrogen) atoms. The van der Waals surface area contributed by atoms with Crippen molar-refractivity contribution in [3.8, 4) is 11.4 Å². The second-order valence-corrected chi connectivity index (χ2v) is 8.78. The van der Waals surface area contributed by atoms with Gasteiger partial charge in [-0.05, 0) is 31.0 Å². The maximum Gasteiger partial charge on any atom is 0.246 e. The van der Waals surface area contributed by atoms with E-state index in [1.165, 1.54) is 0 Å². The number of aryl methyl sites for hydroxylation is 1. The number of sulfonamides is 1. The first-order chi connectivity index (χ1) is 14.3. The number of benzene rings is 2. The van der Waals surface area contributed by atoms with Gasteiger partial charge in [-0.3, -0.25) is 9.10 Å². The number of carbonyl (C=O) groups is 1. The molecule has 1 heterocycles. The first-order valence-electron chi connectivity index (χ1n) is 9.51. The average Bonchev–Trinajstić information content (AvgIpc) is 3.19. The summed E-state index contributed by atoms with van der Waals surface area (Å²) >= 11 is 0. The van der Waals surface area contributed by atoms with Crippen molar-refractivity contribution in [2.75, 3.05) is 10.6 Å². The van der Waals surface area contributed by atoms with Gasteiger partial charge in [0, 0.05) is 5.56 Å². The number of carbonyl (C=O) groups excluding carboxylic acids is 1. The van der Waals surface area contributed by atoms with Crippen LogP contribution in [0.1, 0.15) is 24.8 Å². The molecule has 0 aliphatic heterocycles. The van der Waals surface area contributed by atoms with Gasteiger partial charge in [0.05, 0.1) is 18.5 Å². The lowest BCUT2D eigenvalue weighted by Gasteiger charge is -2.30. The summed E-state index contributed by atoms with van der Waals surface area (Å²) in [5.74, 6) is 0.215. The third-order valence-electron chi connectivity index (χ3n) is 4.50. The number of aromatic nitrogens is 2. The van der Waals surface area contributed by atoms with Crippen LogP contribution in [0.5, 0.6) is 0 Å². The van der Waals surface area contributed by atoms with Gasteiger partial charge in [0.15, 0.2) is 0 Å². The lowest BCUT2D eigenvalue weighted by atomic mass is 10.1. The lowest BCUT2D eigenvalue weighted by molar-refractivity contribution is -0.122. The van der Waals surface area contributed by atoms with E-state index in [1.54, 1.807) is 25.1 Å². The molecule has 0 unspecified atom stereocenters. The minimum absolute atomic E-state index is 0.000582. The van der Waals surface area contributed by atoms with Crippen molar-refractivity contribution in [2.24, 2.45) is 0 Å². The van der Waals surface area contributed by atoms with Gasteiger partial charge in [0.25, 0.3) is 0 Å². The topological polar surface area (TPSA) is 105 Å². The van der Waals surface area contributed by atoms with Crippen molar-refractivity contribution in [1.29, 1.82) is 0 Å². The van der Waals surface area contributed by atoms with Crippen LogP contribution in [0.25, 0.3) is 11.4 Å². The Morgan fingerprint density at radius 3 is 2.53 bits per heavy atom. The van der Waals surface area contributed by atoms with Gasteiger partial charge in [0.1, 0.15) is 6.04 Å². The van der Waals surface area contributed by atoms with E-state index in [4.69, 9.17) is 4.52 Å². The van der Waals surface area contributed by atoms with Gasteiger partial charge >= 0.3 is 0 Å². The molecule has 3 aromatic rings. The van der Waals surface area contributed by atoms with Crippen molar-refractivity contribution in [2.45, 2.75) is 32.9 Å². The molecule has 0 saturated carbocycles. The zero-order valence-corrected chi connectivity index (χ0v) is 17.9. The molecule has 8 nitrogen and oxygen atoms in total. The molecule has 9 heteroatoms. The fourth-order valence-corrected chi connectivity index (χ4v) is 4.34. The van der Waals surface area contributed by atoms with E-state index in [0.29, 0.717) is 17.9 Å². The number of anilines is 1. The highest BCUT2D eigenvalue weighted by Crippen LogP contribution is 2.23. The second-order valence-electron chi connectivity index (χ2n) is 6.92. The molecule has 0 aliphatic carbocycles. The second kappa shape index (κ2) is 9.08. The Morgan fingerprint density at radius 2 is 1.90 bits per heavy atom. The number of hydrogen-bond donors (Lipinski definition) is 1. The van der Waals surface area contributed by atoms with E-state index in [0.717, 1.165) is 21.7 Å². The smallest absolute Gasteiger partial charge is 0.246 e. The fourth-order valence-electron chi connectivity index (χ4n) is 3.14. The summed E-state index contributed by atoms with van der Waals surface area (Å²) in [5, 5.41) is 6.63. The number of nitrogens with zero attached hydrogens (tertiary/aromatic N) is 3. The van der Waals surface area contributed by atoms with Crippen LogP contribution in [-0.2, 0) is 21.4 Å². The Bertz CT molecular complexity index is 1110. The van der Waals surface area contributed by atoms with Gasteiger partial charge in [-0.15, -0.1) is 0 Å². The average molecular weight is 429 g/mol. The van der Waals surface area contributed by atoms with Crippen molar-refractivity contribution >= 4 is 21.6 Å². The summed E-state index contributed by atoms with van der Waals surface area (Å²) in [5.41, 5.74) is 2.15. The Kier molecular flexibility index (Phi) is 6.51. The van der Waals surface area contributed by atoms with Gasteiger partial charge in [-0.1, -0.05) is 54.5 Å². The minimum atomic E-state index is -3.68. The van der Waals surface area contributed by atoms with E-state index in [1.807, 2.05) is 43.3 Å². The van der Waals surface area contributed by atoms with Crippen molar-refractivity contribution in [3.05, 3.63) is 66.1 Å². The van der Waals surface area contributed by atoms with Gasteiger partial charge < -0.3 is 9.84 Å². The number of hydrogen-bond acceptors (Lipinski definition) is 6. The van der Waals surface area contributed by atoms with E-state index >= 15 is 0 Å². The minimum Gasteiger partial charge on any atom is -0.345 e. The molecular formula is C21H24N4O4S. The first kappa shape index (κ1) is 21.5. The molecule has 0 radical (unpaired) electrons. The predicted octanol–water partition coefficient (Wildman–Crippen LogP) is 2.91. The summed E-state index contributed by atoms with van der Waals surface area (Å²) in [4.78, 5) is 17.1. The number of rotatable bonds is 8. The van der Waals surface area contributed by atoms with Crippen molar-refractivity contribution in [3.63, 3.8) is 0 Å². The molecule has 0 bridgehead atoms. The molecule has 0 aliphatic rings. The highest BCUT2D eigenvalue weighted by molar-refractivity contribution is 7.92. The first-order valence-corrected chi connectivity index (χ1v) is 11.4. The number of amides is 1. The van der Waals surface area contributed by atoms with E-state index in [9.17, 15) is 13.2 Å². The molecule has 0 spiro atoms. The zero-order chi connectivity index (χ0) is 21.7. The van der Waals surface area contributed by atoms with Crippen LogP contribution in [0.4, 0.5) is 5.69 Å². The molecule has 3 rings (SSSR count). The fraction of sp³-hybridized carbons (Fsp3) is 0.286. The van der Waals surface area contributed by atoms with Crippen molar-refractivity contribution in [1.82, 2.24) is 15.5 Å². The summed E-state index contributed by atoms with van der Waals surface area (Å²) in [6.07, 6.45) is 1.39. The summed E-state index contributed by atoms with van der Waals surface area (Å²) < 4.78 is 31.3. The summed E-state index contributed by atoms with van der Waals surface area (Å²) in [6.45, 7) is 3.63. The summed E-state index contributed by atoms with van der Waals surface area (Å²) in [6, 6.07) is 15.5. The molecule has 1 N–H and O–H groups in total. The van der Waals surface area contributed by atoms with Gasteiger partial charge in [-0.25, -0.2) is 8.42 Å². The predicted molar refractivity (Wildman–Crippen MR) is 114 cm³/mol. The van der Waals surface area contributed by atoms with Crippen LogP contribution < -0.4 is 9.62 Å². The normalized spacial score (nSPS) is 12.4. The van der Waals surface area contributed by atoms with Crippen LogP contribution in [0.15, 0.2) is 59.1 Å². The van der Waals surface area contributed by atoms with E-state index < -0.39 is 22.0 Å². The van der Waals surface area contributed by atoms with Crippen LogP contribution in [0.2, 0.25) is 0 Å². The standard InChI is InChI=1S/C21H24N4O4S/c1-4-18(25(30(3,27)28)17-12-8-9-15(2)13-17)21(26)22-14-19-23-20(24-29-19)16-10-6-5-7-11-16/h5-13,18H,4,14H2,1-3H3,(H,22,26)/t18-/m0/s1. The van der Waals surface area contributed by atoms with Gasteiger partial charge in [0.2, 0.25) is 27.6 Å². The van der Waals surface area contributed by atoms with Crippen LogP contribution in [-0.4, -0.2) is 36.8 Å². The molecule has 1 amide bonds. The van der Waals surface area contributed by atoms with Crippen LogP contribution in [0, 0.1) is 6.92 Å². The van der Waals surface area contributed by atoms with E-state index in [-0.39, 0.29) is 12.4 Å². The molecule has 2 aromatic carbocycles. The Labute approximate surface area is 176 Å². The maximum atomic E-state index is 12.9. The molecule has 1 aromatic heterocycles. The maximum absolute atomic E-state index is 12.9. The largest absolute Gasteiger partial charge is 0.345 e. The molecular weight excluding hydrogens is 404 g/mol. The Hall–Kier alpha value is -3.20. The third-order valence-corrected chi connectivity index (χ3v) is 5.68. The molecule has 0 saturated heterocycles. The summed E-state index contributed by atoms with van der Waals surface area (Å²) in [7, 11) is -3.68. The highest BCUT2D eigenvalue weighted by atomic mass is 32.2. The van der Waals surface area contributed by atoms with Crippen LogP contribution >= 0.6 is 0 Å². The Balaban J connectivity index is 1.76. The zero-order valence-electron chi connectivity index (χ0n) is 17.1. The Morgan fingerprint density at radius 1 is 1.17 bits per heavy atom. The van der Waals surface area contributed by atoms with Crippen LogP contribution in [0.3, 0.4) is 0 Å². The molecule has 0 fully saturated rings. The molecule has 1 atom stereocenters. The van der Waals surface area contributed by atoms with Crippen molar-refractivity contribution < 1.29 is 17.7 Å². The van der Waals surface area contributed by atoms with Gasteiger partial charge in [-0.2, -0.15) is 4.98 Å². The highest BCUT2D eigenvalue weighted by Gasteiger charge is 2.31.